The maximum Gasteiger partial charge on any atom is 0.255 e. The monoisotopic (exact) mass is 454 g/mol. The third-order valence-electron chi connectivity index (χ3n) is 5.44. The number of morpholine rings is 1. The van der Waals surface area contributed by atoms with Crippen LogP contribution < -0.4 is 10.1 Å². The topological polar surface area (TPSA) is 68.6 Å². The van der Waals surface area contributed by atoms with Crippen LogP contribution in [0.25, 0.3) is 11.3 Å². The van der Waals surface area contributed by atoms with Crippen molar-refractivity contribution in [1.29, 1.82) is 0 Å². The number of aromatic nitrogens is 2. The molecule has 1 aliphatic heterocycles. The maximum absolute atomic E-state index is 12.7. The molecular weight excluding hydrogens is 428 g/mol. The molecule has 1 N–H and O–H groups in total. The molecule has 0 spiro atoms. The van der Waals surface area contributed by atoms with Gasteiger partial charge in [0.25, 0.3) is 5.91 Å². The number of halogens is 1. The van der Waals surface area contributed by atoms with Crippen LogP contribution in [0.15, 0.2) is 48.7 Å². The molecule has 2 aromatic carbocycles. The number of benzene rings is 2. The van der Waals surface area contributed by atoms with Crippen LogP contribution in [0, 0.1) is 6.92 Å². The van der Waals surface area contributed by atoms with Crippen LogP contribution in [-0.2, 0) is 11.8 Å². The van der Waals surface area contributed by atoms with E-state index in [1.54, 1.807) is 16.9 Å². The fourth-order valence-electron chi connectivity index (χ4n) is 3.73. The lowest BCUT2D eigenvalue weighted by Crippen LogP contribution is -2.38. The molecule has 8 heteroatoms. The lowest BCUT2D eigenvalue weighted by atomic mass is 10.1. The molecule has 0 radical (unpaired) electrons. The van der Waals surface area contributed by atoms with Crippen molar-refractivity contribution in [3.05, 3.63) is 64.8 Å². The number of nitrogens with zero attached hydrogens (tertiary/aromatic N) is 3. The quantitative estimate of drug-likeness (QED) is 0.584. The number of carbonyl (C=O) groups excluding carboxylic acids is 1. The Morgan fingerprint density at radius 1 is 1.22 bits per heavy atom. The van der Waals surface area contributed by atoms with Crippen LogP contribution in [0.2, 0.25) is 5.02 Å². The van der Waals surface area contributed by atoms with Gasteiger partial charge in [0.2, 0.25) is 0 Å². The summed E-state index contributed by atoms with van der Waals surface area (Å²) in [7, 11) is 1.83. The van der Waals surface area contributed by atoms with Gasteiger partial charge in [-0.3, -0.25) is 14.4 Å². The van der Waals surface area contributed by atoms with E-state index in [9.17, 15) is 4.79 Å². The van der Waals surface area contributed by atoms with Gasteiger partial charge in [0.1, 0.15) is 12.4 Å². The zero-order valence-corrected chi connectivity index (χ0v) is 19.1. The van der Waals surface area contributed by atoms with Crippen LogP contribution in [-0.4, -0.2) is 60.0 Å². The predicted octanol–water partition coefficient (Wildman–Crippen LogP) is 4.01. The van der Waals surface area contributed by atoms with Crippen molar-refractivity contribution < 1.29 is 14.3 Å². The third-order valence-corrected chi connectivity index (χ3v) is 5.71. The van der Waals surface area contributed by atoms with Gasteiger partial charge in [-0.1, -0.05) is 29.3 Å². The summed E-state index contributed by atoms with van der Waals surface area (Å²) in [5.41, 5.74) is 3.81. The fourth-order valence-corrected chi connectivity index (χ4v) is 4.00. The molecule has 2 heterocycles. The van der Waals surface area contributed by atoms with Crippen LogP contribution in [0.5, 0.6) is 5.75 Å². The molecule has 0 atom stereocenters. The van der Waals surface area contributed by atoms with Gasteiger partial charge in [0, 0.05) is 43.5 Å². The van der Waals surface area contributed by atoms with Crippen molar-refractivity contribution in [1.82, 2.24) is 14.7 Å². The summed E-state index contributed by atoms with van der Waals surface area (Å²) in [5.74, 6) is 0.522. The molecule has 4 rings (SSSR count). The Morgan fingerprint density at radius 3 is 2.75 bits per heavy atom. The second-order valence-electron chi connectivity index (χ2n) is 7.80. The normalized spacial score (nSPS) is 14.3. The predicted molar refractivity (Wildman–Crippen MR) is 126 cm³/mol. The van der Waals surface area contributed by atoms with E-state index in [4.69, 9.17) is 21.1 Å². The van der Waals surface area contributed by atoms with E-state index in [0.717, 1.165) is 49.7 Å². The second kappa shape index (κ2) is 10.2. The number of aryl methyl sites for hydroxylation is 2. The van der Waals surface area contributed by atoms with Crippen molar-refractivity contribution >= 4 is 23.2 Å². The van der Waals surface area contributed by atoms with Crippen molar-refractivity contribution in [2.45, 2.75) is 6.92 Å². The summed E-state index contributed by atoms with van der Waals surface area (Å²) in [4.78, 5) is 15.0. The fraction of sp³-hybridized carbons (Fsp3) is 0.333. The first-order valence-corrected chi connectivity index (χ1v) is 11.0. The number of hydrogen-bond acceptors (Lipinski definition) is 5. The molecule has 0 saturated carbocycles. The minimum Gasteiger partial charge on any atom is -0.492 e. The van der Waals surface area contributed by atoms with Gasteiger partial charge in [-0.15, -0.1) is 0 Å². The molecule has 0 unspecified atom stereocenters. The smallest absolute Gasteiger partial charge is 0.255 e. The first-order valence-electron chi connectivity index (χ1n) is 10.6. The van der Waals surface area contributed by atoms with Crippen LogP contribution >= 0.6 is 11.6 Å². The molecule has 3 aromatic rings. The van der Waals surface area contributed by atoms with Gasteiger partial charge < -0.3 is 14.8 Å². The first-order chi connectivity index (χ1) is 15.5. The minimum absolute atomic E-state index is 0.170. The molecule has 1 aliphatic rings. The molecule has 7 nitrogen and oxygen atoms in total. The molecular formula is C24H27ClN4O3. The van der Waals surface area contributed by atoms with Crippen molar-refractivity contribution in [2.24, 2.45) is 7.05 Å². The zero-order chi connectivity index (χ0) is 22.5. The van der Waals surface area contributed by atoms with E-state index < -0.39 is 0 Å². The highest BCUT2D eigenvalue weighted by molar-refractivity contribution is 6.33. The highest BCUT2D eigenvalue weighted by atomic mass is 35.5. The molecule has 1 saturated heterocycles. The Morgan fingerprint density at radius 2 is 2.03 bits per heavy atom. The van der Waals surface area contributed by atoms with Crippen molar-refractivity contribution in [3.8, 4) is 17.0 Å². The molecule has 1 amide bonds. The van der Waals surface area contributed by atoms with E-state index in [2.05, 4.69) is 15.3 Å². The second-order valence-corrected chi connectivity index (χ2v) is 8.21. The summed E-state index contributed by atoms with van der Waals surface area (Å²) in [6.07, 6.45) is 1.60. The largest absolute Gasteiger partial charge is 0.492 e. The van der Waals surface area contributed by atoms with E-state index in [1.165, 1.54) is 0 Å². The Labute approximate surface area is 192 Å². The Bertz CT molecular complexity index is 1070. The van der Waals surface area contributed by atoms with Gasteiger partial charge in [-0.2, -0.15) is 5.10 Å². The number of carbonyl (C=O) groups is 1. The summed E-state index contributed by atoms with van der Waals surface area (Å²) < 4.78 is 13.2. The lowest BCUT2D eigenvalue weighted by molar-refractivity contribution is 0.0323. The molecule has 168 valence electrons. The van der Waals surface area contributed by atoms with E-state index in [-0.39, 0.29) is 5.91 Å². The molecule has 32 heavy (non-hydrogen) atoms. The summed E-state index contributed by atoms with van der Waals surface area (Å²) in [5, 5.41) is 7.75. The average molecular weight is 455 g/mol. The van der Waals surface area contributed by atoms with Gasteiger partial charge in [-0.05, 0) is 37.3 Å². The Balaban J connectivity index is 1.55. The highest BCUT2D eigenvalue weighted by Crippen LogP contribution is 2.36. The van der Waals surface area contributed by atoms with Crippen molar-refractivity contribution in [2.75, 3.05) is 44.8 Å². The number of ether oxygens (including phenoxy) is 2. The minimum atomic E-state index is -0.170. The lowest BCUT2D eigenvalue weighted by Gasteiger charge is -2.26. The van der Waals surface area contributed by atoms with Gasteiger partial charge in [0.05, 0.1) is 30.1 Å². The maximum atomic E-state index is 12.7. The van der Waals surface area contributed by atoms with E-state index in [1.807, 2.05) is 50.4 Å². The van der Waals surface area contributed by atoms with Gasteiger partial charge >= 0.3 is 0 Å². The number of nitrogens with one attached hydrogen (secondary N) is 1. The number of hydrogen-bond donors (Lipinski definition) is 1. The summed E-state index contributed by atoms with van der Waals surface area (Å²) in [6, 6.07) is 13.1. The number of anilines is 1. The van der Waals surface area contributed by atoms with Crippen LogP contribution in [0.1, 0.15) is 15.9 Å². The molecule has 0 aliphatic carbocycles. The Kier molecular flexibility index (Phi) is 7.09. The molecule has 0 bridgehead atoms. The Hall–Kier alpha value is -2.87. The summed E-state index contributed by atoms with van der Waals surface area (Å²) in [6.45, 7) is 6.64. The number of amides is 1. The zero-order valence-electron chi connectivity index (χ0n) is 18.3. The first kappa shape index (κ1) is 22.3. The summed E-state index contributed by atoms with van der Waals surface area (Å²) >= 11 is 6.43. The SMILES string of the molecule is Cc1cccc(C(=O)Nc2ccc(OCCN3CCOCC3)c(-c3c(Cl)cnn3C)c2)c1. The average Bonchev–Trinajstić information content (AvgIpc) is 3.13. The van der Waals surface area contributed by atoms with Crippen LogP contribution in [0.4, 0.5) is 5.69 Å². The third kappa shape index (κ3) is 5.30. The molecule has 1 aromatic heterocycles. The standard InChI is InChI=1S/C24H27ClN4O3/c1-17-4-3-5-18(14-17)24(30)27-19-6-7-22(32-13-10-29-8-11-31-12-9-29)20(15-19)23-21(25)16-26-28(23)2/h3-7,14-16H,8-13H2,1-2H3,(H,27,30). The van der Waals surface area contributed by atoms with Gasteiger partial charge in [-0.25, -0.2) is 0 Å². The molecule has 1 fully saturated rings. The van der Waals surface area contributed by atoms with Gasteiger partial charge in [0.15, 0.2) is 0 Å². The highest BCUT2D eigenvalue weighted by Gasteiger charge is 2.17. The van der Waals surface area contributed by atoms with E-state index >= 15 is 0 Å². The van der Waals surface area contributed by atoms with E-state index in [0.29, 0.717) is 28.6 Å². The number of rotatable bonds is 7. The van der Waals surface area contributed by atoms with Crippen molar-refractivity contribution in [3.63, 3.8) is 0 Å². The van der Waals surface area contributed by atoms with Crippen LogP contribution in [0.3, 0.4) is 0 Å².